The van der Waals surface area contributed by atoms with E-state index in [0.29, 0.717) is 0 Å². The Bertz CT molecular complexity index is 1520. The Labute approximate surface area is 324 Å². The van der Waals surface area contributed by atoms with Crippen LogP contribution in [0, 0.1) is 0 Å². The predicted molar refractivity (Wildman–Crippen MR) is 233 cm³/mol. The SMILES string of the molecule is CC(/C=C/CC(C)(C)[Si](O[Si](c1ccccc1)(c1ccccc1)C(C)(C)C/C=C/C(C)OC(C)(C)C)(c1ccccc1)c1ccccc1)OC(C)(C)C. The maximum Gasteiger partial charge on any atom is 0.251 e. The van der Waals surface area contributed by atoms with Crippen LogP contribution in [-0.4, -0.2) is 40.0 Å². The lowest BCUT2D eigenvalue weighted by Gasteiger charge is -2.55. The molecule has 4 rings (SSSR count). The highest BCUT2D eigenvalue weighted by Crippen LogP contribution is 2.48. The fourth-order valence-corrected chi connectivity index (χ4v) is 21.1. The minimum atomic E-state index is -3.18. The lowest BCUT2D eigenvalue weighted by molar-refractivity contribution is -0.0304. The Hall–Kier alpha value is -3.33. The van der Waals surface area contributed by atoms with Gasteiger partial charge in [-0.05, 0) is 99.1 Å². The van der Waals surface area contributed by atoms with Crippen molar-refractivity contribution in [3.63, 3.8) is 0 Å². The van der Waals surface area contributed by atoms with E-state index in [1.165, 1.54) is 20.7 Å². The van der Waals surface area contributed by atoms with Crippen molar-refractivity contribution in [2.24, 2.45) is 0 Å². The van der Waals surface area contributed by atoms with Crippen LogP contribution in [0.2, 0.25) is 10.1 Å². The molecule has 4 aromatic rings. The van der Waals surface area contributed by atoms with E-state index in [9.17, 15) is 0 Å². The van der Waals surface area contributed by atoms with E-state index >= 15 is 0 Å². The Morgan fingerprint density at radius 1 is 0.434 bits per heavy atom. The molecular weight excluding hydrogens is 681 g/mol. The van der Waals surface area contributed by atoms with Crippen molar-refractivity contribution in [2.45, 2.75) is 129 Å². The van der Waals surface area contributed by atoms with Gasteiger partial charge in [-0.15, -0.1) is 0 Å². The Balaban J connectivity index is 2.05. The molecule has 0 aliphatic rings. The molecule has 0 saturated carbocycles. The zero-order valence-corrected chi connectivity index (χ0v) is 36.7. The maximum absolute atomic E-state index is 8.72. The van der Waals surface area contributed by atoms with Gasteiger partial charge in [0.1, 0.15) is 0 Å². The molecule has 5 heteroatoms. The van der Waals surface area contributed by atoms with Crippen molar-refractivity contribution < 1.29 is 13.6 Å². The summed E-state index contributed by atoms with van der Waals surface area (Å²) in [6, 6.07) is 44.6. The Kier molecular flexibility index (Phi) is 13.9. The van der Waals surface area contributed by atoms with Crippen molar-refractivity contribution >= 4 is 37.4 Å². The monoisotopic (exact) mass is 746 g/mol. The van der Waals surface area contributed by atoms with Crippen LogP contribution in [0.4, 0.5) is 0 Å². The number of hydrogen-bond donors (Lipinski definition) is 0. The Morgan fingerprint density at radius 3 is 0.906 bits per heavy atom. The van der Waals surface area contributed by atoms with Crippen molar-refractivity contribution in [3.05, 3.63) is 146 Å². The van der Waals surface area contributed by atoms with Crippen molar-refractivity contribution in [1.82, 2.24) is 0 Å². The van der Waals surface area contributed by atoms with Gasteiger partial charge in [0.05, 0.1) is 23.4 Å². The van der Waals surface area contributed by atoms with Crippen LogP contribution in [0.15, 0.2) is 146 Å². The molecule has 4 aromatic carbocycles. The van der Waals surface area contributed by atoms with Crippen LogP contribution in [0.5, 0.6) is 0 Å². The van der Waals surface area contributed by atoms with Crippen molar-refractivity contribution in [1.29, 1.82) is 0 Å². The molecule has 0 aromatic heterocycles. The van der Waals surface area contributed by atoms with Gasteiger partial charge in [0.15, 0.2) is 0 Å². The van der Waals surface area contributed by atoms with Gasteiger partial charge in [0, 0.05) is 0 Å². The minimum Gasteiger partial charge on any atom is -0.441 e. The smallest absolute Gasteiger partial charge is 0.251 e. The highest BCUT2D eigenvalue weighted by atomic mass is 28.4. The summed E-state index contributed by atoms with van der Waals surface area (Å²) in [5.41, 5.74) is -0.440. The molecule has 0 saturated heterocycles. The standard InChI is InChI=1S/C48H66O3Si2/c1-39(49-45(3,4)5)27-25-37-47(9,10)52(41-29-17-13-18-30-41,42-31-19-14-20-32-42)51-53(43-33-21-15-22-34-43,44-35-23-16-24-36-44)48(11,12)38-26-28-40(2)50-46(6,7)8/h13-36,39-40H,37-38H2,1-12H3/b27-25+,28-26+. The fraction of sp³-hybridized carbons (Fsp3) is 0.417. The first-order chi connectivity index (χ1) is 24.8. The average Bonchev–Trinajstić information content (AvgIpc) is 3.08. The van der Waals surface area contributed by atoms with Crippen molar-refractivity contribution in [2.75, 3.05) is 0 Å². The summed E-state index contributed by atoms with van der Waals surface area (Å²) in [6.07, 6.45) is 10.8. The third-order valence-corrected chi connectivity index (χ3v) is 21.3. The first-order valence-corrected chi connectivity index (χ1v) is 23.3. The van der Waals surface area contributed by atoms with Gasteiger partial charge in [-0.25, -0.2) is 0 Å². The molecule has 0 amide bonds. The quantitative estimate of drug-likeness (QED) is 0.0844. The molecule has 2 atom stereocenters. The normalized spacial score (nSPS) is 14.9. The van der Waals surface area contributed by atoms with E-state index in [1.807, 2.05) is 0 Å². The van der Waals surface area contributed by atoms with E-state index in [2.05, 4.69) is 229 Å². The van der Waals surface area contributed by atoms with Gasteiger partial charge in [-0.2, -0.15) is 0 Å². The van der Waals surface area contributed by atoms with Gasteiger partial charge in [0.2, 0.25) is 0 Å². The molecule has 0 aliphatic carbocycles. The summed E-state index contributed by atoms with van der Waals surface area (Å²) < 4.78 is 21.4. The highest BCUT2D eigenvalue weighted by molar-refractivity contribution is 7.11. The van der Waals surface area contributed by atoms with Gasteiger partial charge < -0.3 is 13.6 Å². The molecule has 0 N–H and O–H groups in total. The number of benzene rings is 4. The maximum atomic E-state index is 8.72. The van der Waals surface area contributed by atoms with E-state index < -0.39 is 16.6 Å². The van der Waals surface area contributed by atoms with E-state index in [1.54, 1.807) is 0 Å². The third-order valence-electron chi connectivity index (χ3n) is 10.1. The zero-order chi connectivity index (χ0) is 39.0. The number of hydrogen-bond acceptors (Lipinski definition) is 3. The van der Waals surface area contributed by atoms with E-state index in [4.69, 9.17) is 13.6 Å². The molecule has 0 heterocycles. The molecule has 0 radical (unpaired) electrons. The second-order valence-electron chi connectivity index (χ2n) is 17.8. The summed E-state index contributed by atoms with van der Waals surface area (Å²) in [7, 11) is -6.35. The van der Waals surface area contributed by atoms with E-state index in [0.717, 1.165) is 12.8 Å². The molecule has 0 aliphatic heterocycles. The molecule has 0 bridgehead atoms. The summed E-state index contributed by atoms with van der Waals surface area (Å²) in [6.45, 7) is 26.7. The van der Waals surface area contributed by atoms with Gasteiger partial charge >= 0.3 is 0 Å². The molecule has 0 fully saturated rings. The third kappa shape index (κ3) is 10.5. The zero-order valence-electron chi connectivity index (χ0n) is 34.7. The van der Waals surface area contributed by atoms with Crippen LogP contribution >= 0.6 is 0 Å². The average molecular weight is 747 g/mol. The number of ether oxygens (including phenoxy) is 2. The fourth-order valence-electron chi connectivity index (χ4n) is 7.92. The first kappa shape index (κ1) is 42.4. The Morgan fingerprint density at radius 2 is 0.679 bits per heavy atom. The molecule has 2 unspecified atom stereocenters. The summed E-state index contributed by atoms with van der Waals surface area (Å²) in [5, 5.41) is 4.57. The van der Waals surface area contributed by atoms with Crippen molar-refractivity contribution in [3.8, 4) is 0 Å². The summed E-state index contributed by atoms with van der Waals surface area (Å²) in [4.78, 5) is 0. The topological polar surface area (TPSA) is 27.7 Å². The molecular formula is C48H66O3Si2. The van der Waals surface area contributed by atoms with E-state index in [-0.39, 0.29) is 33.5 Å². The number of allylic oxidation sites excluding steroid dienone is 2. The van der Waals surface area contributed by atoms with Crippen LogP contribution in [0.1, 0.15) is 95.9 Å². The minimum absolute atomic E-state index is 0.00582. The van der Waals surface area contributed by atoms with Gasteiger partial charge in [0.25, 0.3) is 16.6 Å². The lowest BCUT2D eigenvalue weighted by atomic mass is 10.1. The van der Waals surface area contributed by atoms with Crippen LogP contribution < -0.4 is 20.7 Å². The highest BCUT2D eigenvalue weighted by Gasteiger charge is 2.61. The number of rotatable bonds is 16. The van der Waals surface area contributed by atoms with Gasteiger partial charge in [-0.3, -0.25) is 0 Å². The summed E-state index contributed by atoms with van der Waals surface area (Å²) >= 11 is 0. The molecule has 3 nitrogen and oxygen atoms in total. The van der Waals surface area contributed by atoms with Gasteiger partial charge in [-0.1, -0.05) is 173 Å². The van der Waals surface area contributed by atoms with Crippen LogP contribution in [0.25, 0.3) is 0 Å². The largest absolute Gasteiger partial charge is 0.441 e. The van der Waals surface area contributed by atoms with Crippen LogP contribution in [-0.2, 0) is 13.6 Å². The molecule has 53 heavy (non-hydrogen) atoms. The summed E-state index contributed by atoms with van der Waals surface area (Å²) in [5.74, 6) is 0. The lowest BCUT2D eigenvalue weighted by Crippen LogP contribution is -2.78. The second kappa shape index (κ2) is 17.4. The van der Waals surface area contributed by atoms with Crippen LogP contribution in [0.3, 0.4) is 0 Å². The molecule has 0 spiro atoms. The molecule has 284 valence electrons. The first-order valence-electron chi connectivity index (χ1n) is 19.4. The second-order valence-corrected chi connectivity index (χ2v) is 26.4. The predicted octanol–water partition coefficient (Wildman–Crippen LogP) is 10.4.